The standard InChI is InChI=1S/C23H20N2O4/c24-11-15-3-1-5-18-21(15)23(22(26)25(18)12-16-4-2-7-27-16)13-29-20-10-19-14(6-8-28-19)9-17(20)23/h1,3,5,9-10,16H,2,4,6-8,12-13H2. The fourth-order valence-corrected chi connectivity index (χ4v) is 5.23. The topological polar surface area (TPSA) is 71.8 Å². The lowest BCUT2D eigenvalue weighted by atomic mass is 9.75. The quantitative estimate of drug-likeness (QED) is 0.791. The molecular formula is C23H20N2O4. The zero-order valence-electron chi connectivity index (χ0n) is 15.9. The molecule has 4 aliphatic rings. The molecule has 0 bridgehead atoms. The van der Waals surface area contributed by atoms with Crippen molar-refractivity contribution < 1.29 is 19.0 Å². The number of ether oxygens (including phenoxy) is 3. The molecule has 2 atom stereocenters. The van der Waals surface area contributed by atoms with Gasteiger partial charge in [0.2, 0.25) is 5.91 Å². The molecule has 1 spiro atoms. The Labute approximate surface area is 168 Å². The molecule has 0 aliphatic carbocycles. The fraction of sp³-hybridized carbons (Fsp3) is 0.391. The molecule has 146 valence electrons. The van der Waals surface area contributed by atoms with Gasteiger partial charge in [0.1, 0.15) is 23.5 Å². The highest BCUT2D eigenvalue weighted by Crippen LogP contribution is 2.55. The number of nitriles is 1. The summed E-state index contributed by atoms with van der Waals surface area (Å²) >= 11 is 0. The zero-order chi connectivity index (χ0) is 19.6. The van der Waals surface area contributed by atoms with Gasteiger partial charge in [-0.1, -0.05) is 6.07 Å². The predicted octanol–water partition coefficient (Wildman–Crippen LogP) is 2.70. The Bertz CT molecular complexity index is 1080. The summed E-state index contributed by atoms with van der Waals surface area (Å²) in [7, 11) is 0. The van der Waals surface area contributed by atoms with Gasteiger partial charge in [-0.25, -0.2) is 0 Å². The number of hydrogen-bond donors (Lipinski definition) is 0. The van der Waals surface area contributed by atoms with E-state index >= 15 is 0 Å². The van der Waals surface area contributed by atoms with E-state index in [9.17, 15) is 10.1 Å². The molecule has 6 heteroatoms. The smallest absolute Gasteiger partial charge is 0.245 e. The van der Waals surface area contributed by atoms with Crippen molar-refractivity contribution in [3.8, 4) is 17.6 Å². The van der Waals surface area contributed by atoms with Gasteiger partial charge in [0.25, 0.3) is 0 Å². The molecule has 2 unspecified atom stereocenters. The van der Waals surface area contributed by atoms with Gasteiger partial charge in [0, 0.05) is 35.9 Å². The molecule has 29 heavy (non-hydrogen) atoms. The maximum atomic E-state index is 14.0. The molecule has 4 heterocycles. The number of carbonyl (C=O) groups excluding carboxylic acids is 1. The van der Waals surface area contributed by atoms with Crippen LogP contribution in [0.1, 0.15) is 35.1 Å². The average Bonchev–Trinajstić information content (AvgIpc) is 3.51. The van der Waals surface area contributed by atoms with E-state index in [1.165, 1.54) is 0 Å². The van der Waals surface area contributed by atoms with Crippen molar-refractivity contribution in [2.24, 2.45) is 0 Å². The normalized spacial score (nSPS) is 26.1. The number of fused-ring (bicyclic) bond motifs is 5. The van der Waals surface area contributed by atoms with E-state index in [-0.39, 0.29) is 18.6 Å². The van der Waals surface area contributed by atoms with Gasteiger partial charge < -0.3 is 19.1 Å². The molecule has 2 aromatic carbocycles. The van der Waals surface area contributed by atoms with E-state index < -0.39 is 5.41 Å². The van der Waals surface area contributed by atoms with Gasteiger partial charge in [-0.05, 0) is 36.6 Å². The van der Waals surface area contributed by atoms with Crippen LogP contribution < -0.4 is 14.4 Å². The number of nitrogens with zero attached hydrogens (tertiary/aromatic N) is 2. The van der Waals surface area contributed by atoms with Crippen LogP contribution >= 0.6 is 0 Å². The highest BCUT2D eigenvalue weighted by molar-refractivity contribution is 6.12. The lowest BCUT2D eigenvalue weighted by molar-refractivity contribution is -0.122. The van der Waals surface area contributed by atoms with E-state index in [4.69, 9.17) is 14.2 Å². The number of hydrogen-bond acceptors (Lipinski definition) is 5. The van der Waals surface area contributed by atoms with Gasteiger partial charge in [-0.2, -0.15) is 5.26 Å². The van der Waals surface area contributed by atoms with E-state index in [1.54, 1.807) is 6.07 Å². The Morgan fingerprint density at radius 1 is 1.21 bits per heavy atom. The van der Waals surface area contributed by atoms with Gasteiger partial charge in [0.05, 0.1) is 30.9 Å². The average molecular weight is 388 g/mol. The highest BCUT2D eigenvalue weighted by Gasteiger charge is 2.58. The Kier molecular flexibility index (Phi) is 3.48. The Balaban J connectivity index is 1.55. The summed E-state index contributed by atoms with van der Waals surface area (Å²) in [6, 6.07) is 11.8. The van der Waals surface area contributed by atoms with Crippen LogP contribution in [0.2, 0.25) is 0 Å². The number of benzene rings is 2. The third-order valence-corrected chi connectivity index (χ3v) is 6.60. The second kappa shape index (κ2) is 5.98. The number of rotatable bonds is 2. The van der Waals surface area contributed by atoms with Crippen LogP contribution in [0.3, 0.4) is 0 Å². The number of carbonyl (C=O) groups is 1. The zero-order valence-corrected chi connectivity index (χ0v) is 15.9. The first-order valence-corrected chi connectivity index (χ1v) is 10.1. The minimum Gasteiger partial charge on any atom is -0.493 e. The first-order valence-electron chi connectivity index (χ1n) is 10.1. The second-order valence-corrected chi connectivity index (χ2v) is 8.11. The van der Waals surface area contributed by atoms with Crippen molar-refractivity contribution in [2.45, 2.75) is 30.8 Å². The summed E-state index contributed by atoms with van der Waals surface area (Å²) in [5, 5.41) is 9.84. The SMILES string of the molecule is N#Cc1cccc2c1C1(COc3cc4c(cc31)CCO4)C(=O)N2CC1CCCO1. The molecule has 6 rings (SSSR count). The van der Waals surface area contributed by atoms with Crippen molar-refractivity contribution >= 4 is 11.6 Å². The number of anilines is 1. The molecule has 6 nitrogen and oxygen atoms in total. The van der Waals surface area contributed by atoms with Crippen molar-refractivity contribution in [1.82, 2.24) is 0 Å². The van der Waals surface area contributed by atoms with Crippen LogP contribution in [0, 0.1) is 11.3 Å². The van der Waals surface area contributed by atoms with Crippen LogP contribution in [-0.4, -0.2) is 38.4 Å². The Hall–Kier alpha value is -3.04. The summed E-state index contributed by atoms with van der Waals surface area (Å²) in [5.74, 6) is 1.48. The van der Waals surface area contributed by atoms with E-state index in [0.29, 0.717) is 24.5 Å². The molecule has 4 aliphatic heterocycles. The van der Waals surface area contributed by atoms with Gasteiger partial charge in [-0.15, -0.1) is 0 Å². The maximum Gasteiger partial charge on any atom is 0.245 e. The first kappa shape index (κ1) is 16.9. The van der Waals surface area contributed by atoms with Gasteiger partial charge >= 0.3 is 0 Å². The molecule has 0 aromatic heterocycles. The second-order valence-electron chi connectivity index (χ2n) is 8.11. The number of amides is 1. The molecule has 1 saturated heterocycles. The summed E-state index contributed by atoms with van der Waals surface area (Å²) < 4.78 is 17.5. The fourth-order valence-electron chi connectivity index (χ4n) is 5.23. The summed E-state index contributed by atoms with van der Waals surface area (Å²) in [5.41, 5.74) is 3.06. The molecule has 1 amide bonds. The van der Waals surface area contributed by atoms with Crippen LogP contribution in [0.15, 0.2) is 30.3 Å². The third-order valence-electron chi connectivity index (χ3n) is 6.60. The third kappa shape index (κ3) is 2.16. The van der Waals surface area contributed by atoms with E-state index in [2.05, 4.69) is 12.1 Å². The van der Waals surface area contributed by atoms with E-state index in [1.807, 2.05) is 23.1 Å². The molecule has 2 aromatic rings. The molecule has 1 fully saturated rings. The Morgan fingerprint density at radius 3 is 2.97 bits per heavy atom. The monoisotopic (exact) mass is 388 g/mol. The van der Waals surface area contributed by atoms with Crippen LogP contribution in [0.4, 0.5) is 5.69 Å². The molecule has 0 radical (unpaired) electrons. The molecular weight excluding hydrogens is 368 g/mol. The lowest BCUT2D eigenvalue weighted by Crippen LogP contribution is -2.45. The lowest BCUT2D eigenvalue weighted by Gasteiger charge is -2.25. The van der Waals surface area contributed by atoms with Crippen LogP contribution in [0.25, 0.3) is 0 Å². The van der Waals surface area contributed by atoms with Crippen LogP contribution in [-0.2, 0) is 21.4 Å². The Morgan fingerprint density at radius 2 is 2.14 bits per heavy atom. The van der Waals surface area contributed by atoms with Crippen molar-refractivity contribution in [1.29, 1.82) is 5.26 Å². The molecule has 0 saturated carbocycles. The predicted molar refractivity (Wildman–Crippen MR) is 104 cm³/mol. The van der Waals surface area contributed by atoms with Crippen molar-refractivity contribution in [2.75, 3.05) is 31.3 Å². The van der Waals surface area contributed by atoms with Crippen molar-refractivity contribution in [3.05, 3.63) is 52.6 Å². The minimum absolute atomic E-state index is 0.0247. The molecule has 0 N–H and O–H groups in total. The minimum atomic E-state index is -0.979. The van der Waals surface area contributed by atoms with Crippen molar-refractivity contribution in [3.63, 3.8) is 0 Å². The van der Waals surface area contributed by atoms with Gasteiger partial charge in [-0.3, -0.25) is 4.79 Å². The summed E-state index contributed by atoms with van der Waals surface area (Å²) in [4.78, 5) is 15.8. The maximum absolute atomic E-state index is 14.0. The van der Waals surface area contributed by atoms with Gasteiger partial charge in [0.15, 0.2) is 0 Å². The first-order chi connectivity index (χ1) is 14.2. The largest absolute Gasteiger partial charge is 0.493 e. The van der Waals surface area contributed by atoms with E-state index in [0.717, 1.165) is 54.0 Å². The van der Waals surface area contributed by atoms with Crippen LogP contribution in [0.5, 0.6) is 11.5 Å². The summed E-state index contributed by atoms with van der Waals surface area (Å²) in [6.07, 6.45) is 2.81. The highest BCUT2D eigenvalue weighted by atomic mass is 16.5. The summed E-state index contributed by atoms with van der Waals surface area (Å²) in [6.45, 7) is 2.09.